The number of aliphatic imine (C=N–C) groups is 1. The van der Waals surface area contributed by atoms with Crippen molar-refractivity contribution in [3.05, 3.63) is 29.8 Å². The Balaban J connectivity index is 2.08. The predicted molar refractivity (Wildman–Crippen MR) is 74.4 cm³/mol. The van der Waals surface area contributed by atoms with Gasteiger partial charge in [-0.2, -0.15) is 0 Å². The minimum absolute atomic E-state index is 0.496. The summed E-state index contributed by atoms with van der Waals surface area (Å²) in [6, 6.07) is 6.00. The number of nitrogens with zero attached hydrogens (tertiary/aromatic N) is 1. The Morgan fingerprint density at radius 1 is 1.19 bits per heavy atom. The molecule has 2 rings (SSSR count). The Kier molecular flexibility index (Phi) is 5.27. The Hall–Kier alpha value is -1.51. The summed E-state index contributed by atoms with van der Waals surface area (Å²) in [4.78, 5) is 4.06. The average molecular weight is 297 g/mol. The smallest absolute Gasteiger partial charge is 0.180 e. The van der Waals surface area contributed by atoms with Gasteiger partial charge in [0, 0.05) is 6.21 Å². The van der Waals surface area contributed by atoms with Gasteiger partial charge < -0.3 is 29.9 Å². The number of ether oxygens (including phenoxy) is 2. The molecule has 1 heterocycles. The van der Waals surface area contributed by atoms with Gasteiger partial charge in [0.05, 0.1) is 13.7 Å². The molecule has 21 heavy (non-hydrogen) atoms. The van der Waals surface area contributed by atoms with Gasteiger partial charge in [0.25, 0.3) is 0 Å². The van der Waals surface area contributed by atoms with E-state index in [1.54, 1.807) is 31.4 Å². The average Bonchev–Trinajstić information content (AvgIpc) is 2.51. The molecule has 0 amide bonds. The van der Waals surface area contributed by atoms with Crippen LogP contribution in [0, 0.1) is 0 Å². The van der Waals surface area contributed by atoms with Crippen LogP contribution in [-0.2, 0) is 4.74 Å². The Labute approximate surface area is 122 Å². The molecule has 1 aliphatic heterocycles. The summed E-state index contributed by atoms with van der Waals surface area (Å²) in [6.07, 6.45) is -3.58. The topological polar surface area (TPSA) is 112 Å². The number of methoxy groups -OCH3 is 1. The molecule has 0 bridgehead atoms. The van der Waals surface area contributed by atoms with Crippen molar-refractivity contribution in [3.8, 4) is 5.75 Å². The molecule has 0 aliphatic carbocycles. The van der Waals surface area contributed by atoms with E-state index >= 15 is 0 Å². The fourth-order valence-electron chi connectivity index (χ4n) is 2.11. The predicted octanol–water partition coefficient (Wildman–Crippen LogP) is -1.09. The van der Waals surface area contributed by atoms with E-state index in [9.17, 15) is 15.3 Å². The van der Waals surface area contributed by atoms with E-state index in [0.717, 1.165) is 5.56 Å². The largest absolute Gasteiger partial charge is 0.497 e. The maximum atomic E-state index is 9.93. The molecule has 0 radical (unpaired) electrons. The van der Waals surface area contributed by atoms with Crippen molar-refractivity contribution < 1.29 is 29.9 Å². The van der Waals surface area contributed by atoms with Gasteiger partial charge in [0.2, 0.25) is 0 Å². The second kappa shape index (κ2) is 6.97. The van der Waals surface area contributed by atoms with Crippen LogP contribution in [0.4, 0.5) is 0 Å². The summed E-state index contributed by atoms with van der Waals surface area (Å²) in [5.41, 5.74) is 0.744. The van der Waals surface area contributed by atoms with E-state index < -0.39 is 37.3 Å². The number of benzene rings is 1. The molecule has 2 unspecified atom stereocenters. The highest BCUT2D eigenvalue weighted by Gasteiger charge is 2.43. The molecular formula is C14H19NO6. The molecule has 116 valence electrons. The van der Waals surface area contributed by atoms with E-state index in [4.69, 9.17) is 14.6 Å². The van der Waals surface area contributed by atoms with Crippen LogP contribution in [0.25, 0.3) is 0 Å². The highest BCUT2D eigenvalue weighted by Crippen LogP contribution is 2.22. The fraction of sp³-hybridized carbons (Fsp3) is 0.500. The lowest BCUT2D eigenvalue weighted by Gasteiger charge is -2.38. The van der Waals surface area contributed by atoms with Crippen LogP contribution >= 0.6 is 0 Å². The standard InChI is InChI=1S/C14H19NO6/c1-20-9-4-2-8(3-5-9)6-15-11-13(18)12(17)10(7-16)21-14(11)19/h2-6,10-14,16-19H,7H2,1H3/t10?,11?,12-,13+,14-/m1/s1. The lowest BCUT2D eigenvalue weighted by atomic mass is 9.97. The van der Waals surface area contributed by atoms with Crippen molar-refractivity contribution in [1.29, 1.82) is 0 Å². The van der Waals surface area contributed by atoms with Gasteiger partial charge in [-0.3, -0.25) is 4.99 Å². The summed E-state index contributed by atoms with van der Waals surface area (Å²) in [6.45, 7) is -0.496. The zero-order chi connectivity index (χ0) is 15.4. The molecule has 5 atom stereocenters. The van der Waals surface area contributed by atoms with E-state index in [1.165, 1.54) is 6.21 Å². The summed E-state index contributed by atoms with van der Waals surface area (Å²) >= 11 is 0. The SMILES string of the molecule is COc1ccc(C=NC2[C@H](O)OC(CO)[C@@H](O)[C@H]2O)cc1. The number of aliphatic hydroxyl groups is 4. The molecule has 1 saturated heterocycles. The lowest BCUT2D eigenvalue weighted by Crippen LogP contribution is -2.57. The van der Waals surface area contributed by atoms with Crippen LogP contribution in [0.5, 0.6) is 5.75 Å². The highest BCUT2D eigenvalue weighted by molar-refractivity contribution is 5.79. The van der Waals surface area contributed by atoms with Crippen molar-refractivity contribution >= 4 is 6.21 Å². The summed E-state index contributed by atoms with van der Waals surface area (Å²) < 4.78 is 10.1. The van der Waals surface area contributed by atoms with Crippen molar-refractivity contribution in [3.63, 3.8) is 0 Å². The fourth-order valence-corrected chi connectivity index (χ4v) is 2.11. The second-order valence-corrected chi connectivity index (χ2v) is 4.77. The summed E-state index contributed by atoms with van der Waals surface area (Å²) in [5.74, 6) is 0.703. The molecule has 7 heteroatoms. The number of aliphatic hydroxyl groups excluding tert-OH is 4. The molecule has 1 aromatic carbocycles. The zero-order valence-corrected chi connectivity index (χ0v) is 11.5. The highest BCUT2D eigenvalue weighted by atomic mass is 16.6. The first-order chi connectivity index (χ1) is 10.1. The lowest BCUT2D eigenvalue weighted by molar-refractivity contribution is -0.248. The third kappa shape index (κ3) is 3.58. The van der Waals surface area contributed by atoms with Crippen LogP contribution in [-0.4, -0.2) is 71.0 Å². The molecule has 1 aliphatic rings. The quantitative estimate of drug-likeness (QED) is 0.526. The van der Waals surface area contributed by atoms with E-state index in [-0.39, 0.29) is 0 Å². The van der Waals surface area contributed by atoms with Crippen LogP contribution in [0.1, 0.15) is 5.56 Å². The number of hydrogen-bond acceptors (Lipinski definition) is 7. The van der Waals surface area contributed by atoms with Gasteiger partial charge in [0.15, 0.2) is 6.29 Å². The first kappa shape index (κ1) is 15.9. The van der Waals surface area contributed by atoms with Gasteiger partial charge in [-0.05, 0) is 29.8 Å². The Bertz CT molecular complexity index is 477. The van der Waals surface area contributed by atoms with Crippen molar-refractivity contribution in [1.82, 2.24) is 0 Å². The van der Waals surface area contributed by atoms with Gasteiger partial charge in [-0.15, -0.1) is 0 Å². The van der Waals surface area contributed by atoms with Crippen molar-refractivity contribution in [2.75, 3.05) is 13.7 Å². The molecule has 1 fully saturated rings. The van der Waals surface area contributed by atoms with Gasteiger partial charge in [-0.1, -0.05) is 0 Å². The number of rotatable bonds is 4. The van der Waals surface area contributed by atoms with Crippen LogP contribution in [0.15, 0.2) is 29.3 Å². The maximum Gasteiger partial charge on any atom is 0.180 e. The molecule has 7 nitrogen and oxygen atoms in total. The van der Waals surface area contributed by atoms with Crippen molar-refractivity contribution in [2.24, 2.45) is 4.99 Å². The minimum atomic E-state index is -1.39. The van der Waals surface area contributed by atoms with E-state index in [1.807, 2.05) is 0 Å². The third-order valence-corrected chi connectivity index (χ3v) is 3.38. The third-order valence-electron chi connectivity index (χ3n) is 3.38. The van der Waals surface area contributed by atoms with Crippen molar-refractivity contribution in [2.45, 2.75) is 30.6 Å². The van der Waals surface area contributed by atoms with Gasteiger partial charge in [-0.25, -0.2) is 0 Å². The monoisotopic (exact) mass is 297 g/mol. The normalized spacial score (nSPS) is 33.3. The van der Waals surface area contributed by atoms with Gasteiger partial charge >= 0.3 is 0 Å². The van der Waals surface area contributed by atoms with E-state index in [0.29, 0.717) is 5.75 Å². The molecule has 0 aromatic heterocycles. The van der Waals surface area contributed by atoms with Crippen LogP contribution in [0.3, 0.4) is 0 Å². The summed E-state index contributed by atoms with van der Waals surface area (Å²) in [5, 5.41) is 38.5. The zero-order valence-electron chi connectivity index (χ0n) is 11.5. The van der Waals surface area contributed by atoms with E-state index in [2.05, 4.69) is 4.99 Å². The first-order valence-electron chi connectivity index (χ1n) is 6.54. The number of hydrogen-bond donors (Lipinski definition) is 4. The Morgan fingerprint density at radius 2 is 1.86 bits per heavy atom. The molecule has 4 N–H and O–H groups in total. The maximum absolute atomic E-state index is 9.93. The van der Waals surface area contributed by atoms with Gasteiger partial charge in [0.1, 0.15) is 30.1 Å². The summed E-state index contributed by atoms with van der Waals surface area (Å²) in [7, 11) is 1.56. The second-order valence-electron chi connectivity index (χ2n) is 4.77. The Morgan fingerprint density at radius 3 is 2.43 bits per heavy atom. The van der Waals surface area contributed by atoms with Crippen LogP contribution in [0.2, 0.25) is 0 Å². The van der Waals surface area contributed by atoms with Crippen LogP contribution < -0.4 is 4.74 Å². The molecular weight excluding hydrogens is 278 g/mol. The molecule has 1 aromatic rings. The molecule has 0 saturated carbocycles. The minimum Gasteiger partial charge on any atom is -0.497 e. The molecule has 0 spiro atoms. The first-order valence-corrected chi connectivity index (χ1v) is 6.54.